The lowest BCUT2D eigenvalue weighted by Crippen LogP contribution is -2.16. The number of hydrogen-bond donors (Lipinski definition) is 2. The van der Waals surface area contributed by atoms with Gasteiger partial charge >= 0.3 is 7.32 Å². The standard InChI is InChI=1S/C16H17BCl2O3/c1-9-6-10(2)14(11(3)7-9)15-12(8-22-17(20)21)4-5-13(18)16(15)19/h4-7,20-21H,8H2,1-3H3. The minimum atomic E-state index is -1.83. The number of rotatable bonds is 4. The molecule has 0 spiro atoms. The van der Waals surface area contributed by atoms with Gasteiger partial charge in [0.15, 0.2) is 0 Å². The molecule has 2 aromatic carbocycles. The molecule has 0 radical (unpaired) electrons. The maximum Gasteiger partial charge on any atom is 0.634 e. The highest BCUT2D eigenvalue weighted by Crippen LogP contribution is 2.40. The number of halogens is 2. The molecule has 0 aliphatic rings. The van der Waals surface area contributed by atoms with Crippen LogP contribution in [0, 0.1) is 20.8 Å². The predicted octanol–water partition coefficient (Wildman–Crippen LogP) is 4.07. The molecular formula is C16H17BCl2O3. The van der Waals surface area contributed by atoms with E-state index < -0.39 is 7.32 Å². The van der Waals surface area contributed by atoms with Crippen LogP contribution in [0.1, 0.15) is 22.3 Å². The van der Waals surface area contributed by atoms with Crippen molar-refractivity contribution < 1.29 is 14.7 Å². The molecule has 0 aliphatic carbocycles. The van der Waals surface area contributed by atoms with E-state index in [2.05, 4.69) is 12.1 Å². The molecule has 6 heteroatoms. The van der Waals surface area contributed by atoms with E-state index in [1.165, 1.54) is 5.56 Å². The molecule has 0 unspecified atom stereocenters. The third-order valence-electron chi connectivity index (χ3n) is 3.50. The van der Waals surface area contributed by atoms with Gasteiger partial charge in [-0.25, -0.2) is 0 Å². The van der Waals surface area contributed by atoms with Crippen LogP contribution in [0.3, 0.4) is 0 Å². The van der Waals surface area contributed by atoms with Crippen LogP contribution in [0.2, 0.25) is 10.0 Å². The molecule has 2 N–H and O–H groups in total. The number of hydrogen-bond acceptors (Lipinski definition) is 3. The summed E-state index contributed by atoms with van der Waals surface area (Å²) in [6.07, 6.45) is 0. The second kappa shape index (κ2) is 7.03. The Labute approximate surface area is 140 Å². The van der Waals surface area contributed by atoms with E-state index in [-0.39, 0.29) is 6.61 Å². The third-order valence-corrected chi connectivity index (χ3v) is 4.30. The summed E-state index contributed by atoms with van der Waals surface area (Å²) >= 11 is 12.6. The Balaban J connectivity index is 2.65. The fourth-order valence-electron chi connectivity index (χ4n) is 2.72. The largest absolute Gasteiger partial charge is 0.634 e. The van der Waals surface area contributed by atoms with Crippen LogP contribution in [0.5, 0.6) is 0 Å². The van der Waals surface area contributed by atoms with Crippen molar-refractivity contribution in [2.24, 2.45) is 0 Å². The topological polar surface area (TPSA) is 49.7 Å². The summed E-state index contributed by atoms with van der Waals surface area (Å²) in [5, 5.41) is 18.7. The Morgan fingerprint density at radius 2 is 1.59 bits per heavy atom. The van der Waals surface area contributed by atoms with E-state index in [0.717, 1.165) is 27.8 Å². The summed E-state index contributed by atoms with van der Waals surface area (Å²) in [5.41, 5.74) is 5.83. The number of benzene rings is 2. The predicted molar refractivity (Wildman–Crippen MR) is 91.1 cm³/mol. The van der Waals surface area contributed by atoms with Crippen LogP contribution in [0.15, 0.2) is 24.3 Å². The molecule has 0 fully saturated rings. The summed E-state index contributed by atoms with van der Waals surface area (Å²) in [4.78, 5) is 0. The van der Waals surface area contributed by atoms with Gasteiger partial charge < -0.3 is 14.7 Å². The van der Waals surface area contributed by atoms with E-state index in [4.69, 9.17) is 37.9 Å². The van der Waals surface area contributed by atoms with Crippen LogP contribution in [0.4, 0.5) is 0 Å². The van der Waals surface area contributed by atoms with Gasteiger partial charge in [-0.2, -0.15) is 0 Å². The average Bonchev–Trinajstić information content (AvgIpc) is 2.41. The van der Waals surface area contributed by atoms with Crippen LogP contribution in [0.25, 0.3) is 11.1 Å². The first-order chi connectivity index (χ1) is 10.3. The lowest BCUT2D eigenvalue weighted by molar-refractivity contribution is 0.177. The van der Waals surface area contributed by atoms with Gasteiger partial charge in [0.1, 0.15) is 0 Å². The Hall–Kier alpha value is -1.04. The molecule has 0 amide bonds. The van der Waals surface area contributed by atoms with Gasteiger partial charge in [-0.1, -0.05) is 47.0 Å². The van der Waals surface area contributed by atoms with Gasteiger partial charge in [0.25, 0.3) is 0 Å². The molecule has 0 saturated heterocycles. The second-order valence-electron chi connectivity index (χ2n) is 5.31. The highest BCUT2D eigenvalue weighted by molar-refractivity contribution is 6.44. The van der Waals surface area contributed by atoms with Crippen LogP contribution in [-0.4, -0.2) is 17.4 Å². The summed E-state index contributed by atoms with van der Waals surface area (Å²) in [6.45, 7) is 6.09. The van der Waals surface area contributed by atoms with Crippen molar-refractivity contribution in [3.8, 4) is 11.1 Å². The molecule has 3 nitrogen and oxygen atoms in total. The molecular weight excluding hydrogens is 322 g/mol. The normalized spacial score (nSPS) is 10.9. The Morgan fingerprint density at radius 1 is 1.00 bits per heavy atom. The Morgan fingerprint density at radius 3 is 2.14 bits per heavy atom. The first kappa shape index (κ1) is 17.3. The fourth-order valence-corrected chi connectivity index (χ4v) is 3.16. The van der Waals surface area contributed by atoms with Crippen molar-refractivity contribution in [3.63, 3.8) is 0 Å². The number of aryl methyl sites for hydroxylation is 3. The van der Waals surface area contributed by atoms with E-state index >= 15 is 0 Å². The maximum atomic E-state index is 8.92. The van der Waals surface area contributed by atoms with Crippen LogP contribution in [-0.2, 0) is 11.3 Å². The minimum Gasteiger partial charge on any atom is -0.402 e. The summed E-state index contributed by atoms with van der Waals surface area (Å²) in [6, 6.07) is 7.61. The van der Waals surface area contributed by atoms with Gasteiger partial charge in [-0.15, -0.1) is 0 Å². The van der Waals surface area contributed by atoms with Gasteiger partial charge in [-0.05, 0) is 49.1 Å². The maximum absolute atomic E-state index is 8.92. The summed E-state index contributed by atoms with van der Waals surface area (Å²) in [7, 11) is -1.83. The zero-order chi connectivity index (χ0) is 16.4. The molecule has 0 aromatic heterocycles. The van der Waals surface area contributed by atoms with E-state index in [0.29, 0.717) is 10.0 Å². The Kier molecular flexibility index (Phi) is 5.53. The lowest BCUT2D eigenvalue weighted by atomic mass is 9.91. The highest BCUT2D eigenvalue weighted by atomic mass is 35.5. The van der Waals surface area contributed by atoms with Crippen molar-refractivity contribution in [2.45, 2.75) is 27.4 Å². The van der Waals surface area contributed by atoms with Gasteiger partial charge in [0, 0.05) is 5.56 Å². The summed E-state index contributed by atoms with van der Waals surface area (Å²) in [5.74, 6) is 0. The van der Waals surface area contributed by atoms with Crippen molar-refractivity contribution in [2.75, 3.05) is 0 Å². The molecule has 0 bridgehead atoms. The third kappa shape index (κ3) is 3.65. The van der Waals surface area contributed by atoms with Crippen molar-refractivity contribution in [3.05, 3.63) is 56.6 Å². The minimum absolute atomic E-state index is 0.0244. The fraction of sp³-hybridized carbons (Fsp3) is 0.250. The van der Waals surface area contributed by atoms with E-state index in [1.807, 2.05) is 20.8 Å². The molecule has 0 aliphatic heterocycles. The van der Waals surface area contributed by atoms with Gasteiger partial charge in [-0.3, -0.25) is 0 Å². The quantitative estimate of drug-likeness (QED) is 0.826. The van der Waals surface area contributed by atoms with Crippen molar-refractivity contribution in [1.82, 2.24) is 0 Å². The van der Waals surface area contributed by atoms with Crippen LogP contribution < -0.4 is 0 Å². The average molecular weight is 339 g/mol. The van der Waals surface area contributed by atoms with Crippen LogP contribution >= 0.6 is 23.2 Å². The second-order valence-corrected chi connectivity index (χ2v) is 6.09. The monoisotopic (exact) mass is 338 g/mol. The van der Waals surface area contributed by atoms with Crippen molar-refractivity contribution in [1.29, 1.82) is 0 Å². The summed E-state index contributed by atoms with van der Waals surface area (Å²) < 4.78 is 4.90. The smallest absolute Gasteiger partial charge is 0.402 e. The zero-order valence-corrected chi connectivity index (χ0v) is 14.2. The molecule has 0 heterocycles. The van der Waals surface area contributed by atoms with Gasteiger partial charge in [0.05, 0.1) is 16.7 Å². The lowest BCUT2D eigenvalue weighted by Gasteiger charge is -2.18. The van der Waals surface area contributed by atoms with E-state index in [9.17, 15) is 0 Å². The molecule has 2 aromatic rings. The SMILES string of the molecule is Cc1cc(C)c(-c2c(COB(O)O)ccc(Cl)c2Cl)c(C)c1. The first-order valence-electron chi connectivity index (χ1n) is 6.84. The van der Waals surface area contributed by atoms with Gasteiger partial charge in [0.2, 0.25) is 0 Å². The molecule has 2 rings (SSSR count). The molecule has 22 heavy (non-hydrogen) atoms. The van der Waals surface area contributed by atoms with E-state index in [1.54, 1.807) is 12.1 Å². The highest BCUT2D eigenvalue weighted by Gasteiger charge is 2.18. The van der Waals surface area contributed by atoms with Crippen molar-refractivity contribution >= 4 is 30.5 Å². The first-order valence-corrected chi connectivity index (χ1v) is 7.59. The molecule has 0 saturated carbocycles. The molecule has 0 atom stereocenters. The zero-order valence-electron chi connectivity index (χ0n) is 12.7. The molecule has 116 valence electrons. The Bertz CT molecular complexity index is 679.